The Kier molecular flexibility index (Phi) is 12.1. The van der Waals surface area contributed by atoms with Gasteiger partial charge in [0, 0.05) is 11.1 Å². The van der Waals surface area contributed by atoms with Gasteiger partial charge in [-0.1, -0.05) is 119 Å². The van der Waals surface area contributed by atoms with Crippen molar-refractivity contribution in [2.75, 3.05) is 0 Å². The third kappa shape index (κ3) is 9.93. The Morgan fingerprint density at radius 3 is 1.76 bits per heavy atom. The van der Waals surface area contributed by atoms with Crippen LogP contribution in [0.25, 0.3) is 0 Å². The number of hydrogen-bond acceptors (Lipinski definition) is 0. The second-order valence-corrected chi connectivity index (χ2v) is 10.4. The summed E-state index contributed by atoms with van der Waals surface area (Å²) in [6.07, 6.45) is 23.6. The van der Waals surface area contributed by atoms with Crippen LogP contribution >= 0.6 is 0 Å². The molecule has 182 valence electrons. The Bertz CT molecular complexity index is 880. The van der Waals surface area contributed by atoms with Crippen LogP contribution in [0, 0.1) is 23.7 Å². The summed E-state index contributed by atoms with van der Waals surface area (Å²) < 4.78 is 0. The molecule has 0 atom stereocenters. The molecule has 1 saturated carbocycles. The minimum absolute atomic E-state index is 0.941. The second kappa shape index (κ2) is 15.6. The van der Waals surface area contributed by atoms with E-state index in [-0.39, 0.29) is 0 Å². The molecule has 0 aliphatic heterocycles. The van der Waals surface area contributed by atoms with Crippen LogP contribution in [0.15, 0.2) is 60.7 Å². The van der Waals surface area contributed by atoms with Crippen molar-refractivity contribution in [2.45, 2.75) is 104 Å². The highest BCUT2D eigenvalue weighted by Crippen LogP contribution is 2.34. The zero-order chi connectivity index (χ0) is 23.8. The first-order valence-corrected chi connectivity index (χ1v) is 14.1. The highest BCUT2D eigenvalue weighted by Gasteiger charge is 2.20. The van der Waals surface area contributed by atoms with E-state index < -0.39 is 0 Å². The van der Waals surface area contributed by atoms with Crippen molar-refractivity contribution < 1.29 is 0 Å². The van der Waals surface area contributed by atoms with Crippen LogP contribution in [0.5, 0.6) is 0 Å². The Morgan fingerprint density at radius 2 is 1.21 bits per heavy atom. The molecule has 2 aromatic rings. The zero-order valence-electron chi connectivity index (χ0n) is 21.8. The van der Waals surface area contributed by atoms with E-state index >= 15 is 0 Å². The maximum Gasteiger partial charge on any atom is 0.0249 e. The summed E-state index contributed by atoms with van der Waals surface area (Å²) in [4.78, 5) is 0. The molecule has 0 aromatic heterocycles. The summed E-state index contributed by atoms with van der Waals surface area (Å²) in [6.45, 7) is 4.38. The molecule has 1 aliphatic rings. The molecule has 0 bridgehead atoms. The molecule has 1 aliphatic carbocycles. The van der Waals surface area contributed by atoms with Crippen LogP contribution in [0.1, 0.15) is 113 Å². The van der Waals surface area contributed by atoms with Gasteiger partial charge in [-0.2, -0.15) is 0 Å². The van der Waals surface area contributed by atoms with E-state index in [4.69, 9.17) is 0 Å². The Labute approximate surface area is 210 Å². The van der Waals surface area contributed by atoms with Crippen LogP contribution in [0.4, 0.5) is 0 Å². The van der Waals surface area contributed by atoms with E-state index in [1.54, 1.807) is 0 Å². The summed E-state index contributed by atoms with van der Waals surface area (Å²) in [5.74, 6) is 8.62. The van der Waals surface area contributed by atoms with E-state index in [0.29, 0.717) is 0 Å². The molecule has 3 rings (SSSR count). The predicted octanol–water partition coefficient (Wildman–Crippen LogP) is 9.69. The molecular weight excluding hydrogens is 408 g/mol. The number of unbranched alkanes of at least 4 members (excludes halogenated alkanes) is 4. The monoisotopic (exact) mass is 454 g/mol. The fourth-order valence-corrected chi connectivity index (χ4v) is 5.29. The average Bonchev–Trinajstić information content (AvgIpc) is 2.88. The van der Waals surface area contributed by atoms with Gasteiger partial charge in [0.05, 0.1) is 0 Å². The molecule has 0 amide bonds. The predicted molar refractivity (Wildman–Crippen MR) is 149 cm³/mol. The lowest BCUT2D eigenvalue weighted by Gasteiger charge is -2.28. The summed E-state index contributed by atoms with van der Waals surface area (Å²) in [7, 11) is 0. The van der Waals surface area contributed by atoms with Gasteiger partial charge in [0.2, 0.25) is 0 Å². The molecular formula is C34H46. The van der Waals surface area contributed by atoms with Gasteiger partial charge in [-0.15, -0.1) is 0 Å². The molecule has 0 spiro atoms. The van der Waals surface area contributed by atoms with Crippen LogP contribution in [0.2, 0.25) is 0 Å². The van der Waals surface area contributed by atoms with Crippen LogP contribution in [-0.2, 0) is 12.8 Å². The van der Waals surface area contributed by atoms with E-state index in [1.807, 2.05) is 0 Å². The van der Waals surface area contributed by atoms with Gasteiger partial charge in [0.1, 0.15) is 0 Å². The quantitative estimate of drug-likeness (QED) is 0.170. The van der Waals surface area contributed by atoms with Crippen LogP contribution in [0.3, 0.4) is 0 Å². The maximum absolute atomic E-state index is 3.34. The van der Waals surface area contributed by atoms with Crippen molar-refractivity contribution in [2.24, 2.45) is 11.8 Å². The Balaban J connectivity index is 1.36. The molecule has 2 aromatic carbocycles. The van der Waals surface area contributed by atoms with Crippen LogP contribution < -0.4 is 0 Å². The van der Waals surface area contributed by atoms with Gasteiger partial charge in [-0.3, -0.25) is 0 Å². The van der Waals surface area contributed by atoms with E-state index in [2.05, 4.69) is 86.4 Å². The molecule has 0 nitrogen and oxygen atoms in total. The van der Waals surface area contributed by atoms with Crippen molar-refractivity contribution in [1.29, 1.82) is 0 Å². The first-order chi connectivity index (χ1) is 16.8. The largest absolute Gasteiger partial charge is 0.0917 e. The molecule has 0 heterocycles. The van der Waals surface area contributed by atoms with Gasteiger partial charge >= 0.3 is 0 Å². The average molecular weight is 455 g/mol. The van der Waals surface area contributed by atoms with Crippen molar-refractivity contribution in [3.05, 3.63) is 82.9 Å². The fraction of sp³-hybridized carbons (Fsp3) is 0.529. The van der Waals surface area contributed by atoms with Gasteiger partial charge in [-0.05, 0) is 79.8 Å². The van der Waals surface area contributed by atoms with Gasteiger partial charge < -0.3 is 0 Å². The van der Waals surface area contributed by atoms with E-state index in [1.165, 1.54) is 88.2 Å². The molecule has 0 N–H and O–H groups in total. The smallest absolute Gasteiger partial charge is 0.0249 e. The number of benzene rings is 2. The van der Waals surface area contributed by atoms with Crippen molar-refractivity contribution in [3.8, 4) is 11.8 Å². The minimum Gasteiger partial charge on any atom is -0.0917 e. The standard InChI is InChI=1S/C34H46/c1-3-5-7-8-10-12-30-15-19-32(20-16-30)22-24-34-27-25-33(26-28-34)23-21-31-17-13-29(14-18-31)11-9-6-4-2/h4,6,13-14,17-18,25-28,30,32H,3,5,7-12,15-16,19-20,22,24H2,1-2H3/b6-4+. The highest BCUT2D eigenvalue weighted by molar-refractivity contribution is 5.44. The summed E-state index contributed by atoms with van der Waals surface area (Å²) in [6, 6.07) is 17.7. The van der Waals surface area contributed by atoms with Crippen molar-refractivity contribution in [3.63, 3.8) is 0 Å². The topological polar surface area (TPSA) is 0 Å². The number of aryl methyl sites for hydroxylation is 2. The number of allylic oxidation sites excluding steroid dienone is 2. The van der Waals surface area contributed by atoms with Crippen molar-refractivity contribution in [1.82, 2.24) is 0 Å². The second-order valence-electron chi connectivity index (χ2n) is 10.4. The molecule has 0 unspecified atom stereocenters. The SMILES string of the molecule is C/C=C/CCc1ccc(C#Cc2ccc(CCC3CCC(CCCCCCC)CC3)cc2)cc1. The summed E-state index contributed by atoms with van der Waals surface area (Å²) in [5, 5.41) is 0. The van der Waals surface area contributed by atoms with Crippen molar-refractivity contribution >= 4 is 0 Å². The number of rotatable bonds is 12. The summed E-state index contributed by atoms with van der Waals surface area (Å²) >= 11 is 0. The lowest BCUT2D eigenvalue weighted by Crippen LogP contribution is -2.15. The Morgan fingerprint density at radius 1 is 0.676 bits per heavy atom. The van der Waals surface area contributed by atoms with E-state index in [0.717, 1.165) is 35.8 Å². The van der Waals surface area contributed by atoms with Gasteiger partial charge in [0.25, 0.3) is 0 Å². The molecule has 0 radical (unpaired) electrons. The summed E-state index contributed by atoms with van der Waals surface area (Å²) in [5.41, 5.74) is 5.05. The fourth-order valence-electron chi connectivity index (χ4n) is 5.29. The minimum atomic E-state index is 0.941. The first kappa shape index (κ1) is 26.3. The lowest BCUT2D eigenvalue weighted by molar-refractivity contribution is 0.248. The normalized spacial score (nSPS) is 18.1. The lowest BCUT2D eigenvalue weighted by atomic mass is 9.77. The molecule has 34 heavy (non-hydrogen) atoms. The third-order valence-electron chi connectivity index (χ3n) is 7.62. The highest BCUT2D eigenvalue weighted by atomic mass is 14.3. The molecule has 1 fully saturated rings. The molecule has 0 heteroatoms. The van der Waals surface area contributed by atoms with Gasteiger partial charge in [-0.25, -0.2) is 0 Å². The Hall–Kier alpha value is -2.26. The third-order valence-corrected chi connectivity index (χ3v) is 7.62. The number of hydrogen-bond donors (Lipinski definition) is 0. The maximum atomic E-state index is 3.34. The van der Waals surface area contributed by atoms with Crippen LogP contribution in [-0.4, -0.2) is 0 Å². The zero-order valence-corrected chi connectivity index (χ0v) is 21.8. The van der Waals surface area contributed by atoms with Gasteiger partial charge in [0.15, 0.2) is 0 Å². The molecule has 0 saturated heterocycles. The first-order valence-electron chi connectivity index (χ1n) is 14.1. The van der Waals surface area contributed by atoms with E-state index in [9.17, 15) is 0 Å².